The van der Waals surface area contributed by atoms with Crippen LogP contribution in [-0.2, 0) is 24.4 Å². The van der Waals surface area contributed by atoms with Gasteiger partial charge in [-0.2, -0.15) is 0 Å². The fourth-order valence-electron chi connectivity index (χ4n) is 2.08. The third kappa shape index (κ3) is 6.48. The molecule has 2 rings (SSSR count). The molecule has 1 heterocycles. The van der Waals surface area contributed by atoms with E-state index in [1.807, 2.05) is 0 Å². The van der Waals surface area contributed by atoms with E-state index in [0.29, 0.717) is 6.61 Å². The number of aliphatic imine (C=N–C) groups is 1. The Kier molecular flexibility index (Phi) is 9.20. The van der Waals surface area contributed by atoms with Crippen molar-refractivity contribution in [3.8, 4) is 0 Å². The van der Waals surface area contributed by atoms with Gasteiger partial charge in [-0.25, -0.2) is 0 Å². The largest absolute Gasteiger partial charge is 0.380 e. The molecule has 6 heteroatoms. The first kappa shape index (κ1) is 19.9. The van der Waals surface area contributed by atoms with Crippen molar-refractivity contribution in [3.63, 3.8) is 0 Å². The summed E-state index contributed by atoms with van der Waals surface area (Å²) in [7, 11) is 3.50. The molecular formula is C17H24IN3OS. The maximum atomic E-state index is 5.12. The Bertz CT molecular complexity index is 611. The van der Waals surface area contributed by atoms with Crippen molar-refractivity contribution in [1.82, 2.24) is 10.6 Å². The van der Waals surface area contributed by atoms with Crippen LogP contribution in [0.2, 0.25) is 0 Å². The van der Waals surface area contributed by atoms with Gasteiger partial charge in [0.2, 0.25) is 0 Å². The summed E-state index contributed by atoms with van der Waals surface area (Å²) in [5.74, 6) is 0.814. The van der Waals surface area contributed by atoms with E-state index in [9.17, 15) is 0 Å². The van der Waals surface area contributed by atoms with E-state index in [4.69, 9.17) is 4.74 Å². The van der Waals surface area contributed by atoms with Crippen molar-refractivity contribution in [1.29, 1.82) is 0 Å². The zero-order valence-electron chi connectivity index (χ0n) is 13.8. The zero-order chi connectivity index (χ0) is 15.8. The molecule has 126 valence electrons. The van der Waals surface area contributed by atoms with Crippen LogP contribution in [0.4, 0.5) is 0 Å². The molecule has 0 fully saturated rings. The highest BCUT2D eigenvalue weighted by molar-refractivity contribution is 14.0. The van der Waals surface area contributed by atoms with Crippen LogP contribution in [0, 0.1) is 6.92 Å². The molecule has 0 atom stereocenters. The topological polar surface area (TPSA) is 45.7 Å². The average molecular weight is 445 g/mol. The van der Waals surface area contributed by atoms with E-state index >= 15 is 0 Å². The SMILES string of the molecule is CN=C(NCc1ccc(COC)cc1)NCc1sccc1C.I. The predicted octanol–water partition coefficient (Wildman–Crippen LogP) is 3.69. The van der Waals surface area contributed by atoms with E-state index in [1.54, 1.807) is 25.5 Å². The number of benzene rings is 1. The third-order valence-corrected chi connectivity index (χ3v) is 4.43. The second-order valence-electron chi connectivity index (χ2n) is 5.06. The molecule has 1 aromatic carbocycles. The van der Waals surface area contributed by atoms with Crippen molar-refractivity contribution < 1.29 is 4.74 Å². The van der Waals surface area contributed by atoms with Crippen LogP contribution in [0.15, 0.2) is 40.7 Å². The predicted molar refractivity (Wildman–Crippen MR) is 109 cm³/mol. The summed E-state index contributed by atoms with van der Waals surface area (Å²) < 4.78 is 5.12. The molecule has 2 N–H and O–H groups in total. The summed E-state index contributed by atoms with van der Waals surface area (Å²) in [6.45, 7) is 4.33. The molecule has 4 nitrogen and oxygen atoms in total. The lowest BCUT2D eigenvalue weighted by Gasteiger charge is -2.12. The number of methoxy groups -OCH3 is 1. The summed E-state index contributed by atoms with van der Waals surface area (Å²) in [5.41, 5.74) is 3.72. The maximum Gasteiger partial charge on any atom is 0.191 e. The number of rotatable bonds is 6. The Morgan fingerprint density at radius 3 is 2.30 bits per heavy atom. The van der Waals surface area contributed by atoms with Crippen molar-refractivity contribution in [2.45, 2.75) is 26.6 Å². The second-order valence-corrected chi connectivity index (χ2v) is 6.06. The van der Waals surface area contributed by atoms with E-state index in [-0.39, 0.29) is 24.0 Å². The molecule has 0 bridgehead atoms. The van der Waals surface area contributed by atoms with Crippen molar-refractivity contribution >= 4 is 41.3 Å². The zero-order valence-corrected chi connectivity index (χ0v) is 16.9. The van der Waals surface area contributed by atoms with Crippen LogP contribution in [0.25, 0.3) is 0 Å². The highest BCUT2D eigenvalue weighted by atomic mass is 127. The van der Waals surface area contributed by atoms with E-state index in [0.717, 1.165) is 19.0 Å². The molecule has 0 aliphatic rings. The number of hydrogen-bond donors (Lipinski definition) is 2. The first-order chi connectivity index (χ1) is 10.7. The molecule has 23 heavy (non-hydrogen) atoms. The Balaban J connectivity index is 0.00000264. The smallest absolute Gasteiger partial charge is 0.191 e. The molecule has 0 spiro atoms. The molecule has 1 aromatic heterocycles. The first-order valence-corrected chi connectivity index (χ1v) is 8.15. The van der Waals surface area contributed by atoms with Crippen LogP contribution in [0.1, 0.15) is 21.6 Å². The molecule has 0 aliphatic heterocycles. The van der Waals surface area contributed by atoms with Crippen molar-refractivity contribution in [3.05, 3.63) is 57.3 Å². The van der Waals surface area contributed by atoms with Gasteiger partial charge >= 0.3 is 0 Å². The van der Waals surface area contributed by atoms with Gasteiger partial charge in [0.1, 0.15) is 0 Å². The molecule has 0 saturated carbocycles. The van der Waals surface area contributed by atoms with Gasteiger partial charge in [-0.1, -0.05) is 24.3 Å². The van der Waals surface area contributed by atoms with E-state index in [2.05, 4.69) is 58.3 Å². The fraction of sp³-hybridized carbons (Fsp3) is 0.353. The molecule has 0 radical (unpaired) electrons. The van der Waals surface area contributed by atoms with Crippen molar-refractivity contribution in [2.75, 3.05) is 14.2 Å². The monoisotopic (exact) mass is 445 g/mol. The number of guanidine groups is 1. The third-order valence-electron chi connectivity index (χ3n) is 3.40. The van der Waals surface area contributed by atoms with Crippen LogP contribution in [0.3, 0.4) is 0 Å². The number of nitrogens with zero attached hydrogens (tertiary/aromatic N) is 1. The number of hydrogen-bond acceptors (Lipinski definition) is 3. The molecule has 0 unspecified atom stereocenters. The van der Waals surface area contributed by atoms with Gasteiger partial charge in [-0.05, 0) is 35.1 Å². The van der Waals surface area contributed by atoms with Gasteiger partial charge in [0.05, 0.1) is 13.2 Å². The lowest BCUT2D eigenvalue weighted by atomic mass is 10.1. The van der Waals surface area contributed by atoms with Gasteiger partial charge in [0.25, 0.3) is 0 Å². The maximum absolute atomic E-state index is 5.12. The van der Waals surface area contributed by atoms with Gasteiger partial charge in [-0.15, -0.1) is 35.3 Å². The average Bonchev–Trinajstić information content (AvgIpc) is 2.94. The quantitative estimate of drug-likeness (QED) is 0.405. The normalized spacial score (nSPS) is 11.0. The lowest BCUT2D eigenvalue weighted by molar-refractivity contribution is 0.185. The van der Waals surface area contributed by atoms with Crippen LogP contribution < -0.4 is 10.6 Å². The van der Waals surface area contributed by atoms with Gasteiger partial charge in [0.15, 0.2) is 5.96 Å². The molecule has 2 aromatic rings. The molecule has 0 saturated heterocycles. The summed E-state index contributed by atoms with van der Waals surface area (Å²) in [5, 5.41) is 8.79. The second kappa shape index (κ2) is 10.6. The Morgan fingerprint density at radius 2 is 1.74 bits per heavy atom. The Hall–Kier alpha value is -1.12. The minimum absolute atomic E-state index is 0. The molecular weight excluding hydrogens is 421 g/mol. The van der Waals surface area contributed by atoms with Gasteiger partial charge < -0.3 is 15.4 Å². The van der Waals surface area contributed by atoms with Crippen molar-refractivity contribution in [2.24, 2.45) is 4.99 Å². The fourth-order valence-corrected chi connectivity index (χ4v) is 2.92. The molecule has 0 aliphatic carbocycles. The standard InChI is InChI=1S/C17H23N3OS.HI/c1-13-8-9-22-16(13)11-20-17(18-2)19-10-14-4-6-15(7-5-14)12-21-3;/h4-9H,10-12H2,1-3H3,(H2,18,19,20);1H. The summed E-state index contributed by atoms with van der Waals surface area (Å²) in [4.78, 5) is 5.60. The number of halogens is 1. The molecule has 0 amide bonds. The number of nitrogens with one attached hydrogen (secondary N) is 2. The van der Waals surface area contributed by atoms with E-state index < -0.39 is 0 Å². The number of ether oxygens (including phenoxy) is 1. The highest BCUT2D eigenvalue weighted by Gasteiger charge is 2.02. The van der Waals surface area contributed by atoms with E-state index in [1.165, 1.54) is 21.6 Å². The Labute approximate surface area is 159 Å². The highest BCUT2D eigenvalue weighted by Crippen LogP contribution is 2.14. The van der Waals surface area contributed by atoms with Crippen LogP contribution >= 0.6 is 35.3 Å². The Morgan fingerprint density at radius 1 is 1.09 bits per heavy atom. The lowest BCUT2D eigenvalue weighted by Crippen LogP contribution is -2.36. The number of aryl methyl sites for hydroxylation is 1. The summed E-state index contributed by atoms with van der Waals surface area (Å²) in [6, 6.07) is 10.5. The first-order valence-electron chi connectivity index (χ1n) is 7.27. The van der Waals surface area contributed by atoms with Crippen LogP contribution in [0.5, 0.6) is 0 Å². The number of thiophene rings is 1. The minimum atomic E-state index is 0. The minimum Gasteiger partial charge on any atom is -0.380 e. The van der Waals surface area contributed by atoms with Crippen LogP contribution in [-0.4, -0.2) is 20.1 Å². The van der Waals surface area contributed by atoms with Gasteiger partial charge in [0, 0.05) is 25.6 Å². The summed E-state index contributed by atoms with van der Waals surface area (Å²) >= 11 is 1.77. The van der Waals surface area contributed by atoms with Gasteiger partial charge in [-0.3, -0.25) is 4.99 Å². The summed E-state index contributed by atoms with van der Waals surface area (Å²) in [6.07, 6.45) is 0.